The minimum absolute atomic E-state index is 0.107. The lowest BCUT2D eigenvalue weighted by atomic mass is 9.82. The molecule has 3 aliphatic carbocycles. The molecule has 12 rings (SSSR count). The SMILES string of the molecule is CC1(C)c2ccccc2-c2ccc(N(c3ccc(-c4ccc5c(c4)-c4c6cccc4-c4cccc-5c4-c4ccccc4-6)cc3)c3ccccc3-c3ccccc3)cc21. The first kappa shape index (κ1) is 33.0. The van der Waals surface area contributed by atoms with Gasteiger partial charge < -0.3 is 4.90 Å². The Labute approximate surface area is 340 Å². The van der Waals surface area contributed by atoms with E-state index in [0.717, 1.165) is 17.1 Å². The second-order valence-corrected chi connectivity index (χ2v) is 16.4. The van der Waals surface area contributed by atoms with Crippen LogP contribution in [-0.4, -0.2) is 0 Å². The summed E-state index contributed by atoms with van der Waals surface area (Å²) in [6.07, 6.45) is 0. The van der Waals surface area contributed by atoms with Crippen LogP contribution in [0.2, 0.25) is 0 Å². The van der Waals surface area contributed by atoms with Gasteiger partial charge in [0.1, 0.15) is 0 Å². The van der Waals surface area contributed by atoms with E-state index in [1.54, 1.807) is 0 Å². The van der Waals surface area contributed by atoms with Crippen LogP contribution in [0.4, 0.5) is 17.1 Å². The summed E-state index contributed by atoms with van der Waals surface area (Å²) in [5, 5.41) is 0. The number of anilines is 3. The maximum Gasteiger partial charge on any atom is 0.0540 e. The highest BCUT2D eigenvalue weighted by Crippen LogP contribution is 2.58. The molecular weight excluding hydrogens is 699 g/mol. The summed E-state index contributed by atoms with van der Waals surface area (Å²) in [7, 11) is 0. The Morgan fingerprint density at radius 2 is 0.793 bits per heavy atom. The predicted molar refractivity (Wildman–Crippen MR) is 244 cm³/mol. The number of para-hydroxylation sites is 1. The summed E-state index contributed by atoms with van der Waals surface area (Å²) in [6.45, 7) is 4.72. The van der Waals surface area contributed by atoms with Crippen molar-refractivity contribution in [3.63, 3.8) is 0 Å². The molecule has 0 aliphatic heterocycles. The zero-order valence-electron chi connectivity index (χ0n) is 32.5. The van der Waals surface area contributed by atoms with E-state index in [1.165, 1.54) is 100 Å². The molecule has 58 heavy (non-hydrogen) atoms. The molecule has 0 radical (unpaired) electrons. The fourth-order valence-electron chi connectivity index (χ4n) is 10.3. The van der Waals surface area contributed by atoms with Crippen molar-refractivity contribution in [1.82, 2.24) is 0 Å². The van der Waals surface area contributed by atoms with Gasteiger partial charge in [-0.2, -0.15) is 0 Å². The average molecular weight is 738 g/mol. The Bertz CT molecular complexity index is 3110. The normalized spacial score (nSPS) is 13.1. The lowest BCUT2D eigenvalue weighted by molar-refractivity contribution is 0.660. The maximum atomic E-state index is 2.45. The van der Waals surface area contributed by atoms with Crippen molar-refractivity contribution in [3.05, 3.63) is 211 Å². The molecule has 3 aliphatic rings. The first-order valence-electron chi connectivity index (χ1n) is 20.3. The highest BCUT2D eigenvalue weighted by atomic mass is 15.1. The summed E-state index contributed by atoms with van der Waals surface area (Å²) in [4.78, 5) is 2.45. The number of nitrogens with zero attached hydrogens (tertiary/aromatic N) is 1. The summed E-state index contributed by atoms with van der Waals surface area (Å²) in [5.74, 6) is 0. The van der Waals surface area contributed by atoms with Crippen LogP contribution in [0.3, 0.4) is 0 Å². The molecule has 0 aromatic heterocycles. The smallest absolute Gasteiger partial charge is 0.0540 e. The first-order chi connectivity index (χ1) is 28.5. The first-order valence-corrected chi connectivity index (χ1v) is 20.3. The third-order valence-corrected chi connectivity index (χ3v) is 13.0. The minimum atomic E-state index is -0.107. The van der Waals surface area contributed by atoms with Crippen molar-refractivity contribution in [2.24, 2.45) is 0 Å². The van der Waals surface area contributed by atoms with Crippen LogP contribution in [0, 0.1) is 0 Å². The van der Waals surface area contributed by atoms with Gasteiger partial charge in [-0.25, -0.2) is 0 Å². The van der Waals surface area contributed by atoms with E-state index in [-0.39, 0.29) is 5.41 Å². The molecule has 0 N–H and O–H groups in total. The summed E-state index contributed by atoms with van der Waals surface area (Å²) >= 11 is 0. The fourth-order valence-corrected chi connectivity index (χ4v) is 10.3. The second kappa shape index (κ2) is 12.4. The zero-order chi connectivity index (χ0) is 38.5. The quantitative estimate of drug-likeness (QED) is 0.170. The summed E-state index contributed by atoms with van der Waals surface area (Å²) in [6, 6.07) is 74.5. The fraction of sp³-hybridized carbons (Fsp3) is 0.0526. The second-order valence-electron chi connectivity index (χ2n) is 16.4. The molecule has 0 saturated carbocycles. The van der Waals surface area contributed by atoms with E-state index in [0.29, 0.717) is 0 Å². The van der Waals surface area contributed by atoms with Gasteiger partial charge in [0.2, 0.25) is 0 Å². The van der Waals surface area contributed by atoms with Crippen LogP contribution < -0.4 is 4.90 Å². The van der Waals surface area contributed by atoms with Gasteiger partial charge in [-0.1, -0.05) is 178 Å². The van der Waals surface area contributed by atoms with Crippen LogP contribution >= 0.6 is 0 Å². The van der Waals surface area contributed by atoms with Crippen molar-refractivity contribution in [2.45, 2.75) is 19.3 Å². The Hall–Kier alpha value is -7.22. The summed E-state index contributed by atoms with van der Waals surface area (Å²) in [5.41, 5.74) is 26.6. The topological polar surface area (TPSA) is 3.24 Å². The van der Waals surface area contributed by atoms with Gasteiger partial charge in [0, 0.05) is 22.4 Å². The van der Waals surface area contributed by atoms with Crippen molar-refractivity contribution in [2.75, 3.05) is 4.90 Å². The van der Waals surface area contributed by atoms with Gasteiger partial charge in [0.15, 0.2) is 0 Å². The molecule has 0 heterocycles. The van der Waals surface area contributed by atoms with Gasteiger partial charge in [-0.3, -0.25) is 0 Å². The van der Waals surface area contributed by atoms with Crippen LogP contribution in [0.1, 0.15) is 25.0 Å². The third kappa shape index (κ3) is 4.71. The number of benzene rings is 9. The standard InChI is InChI=1S/C57H39N/c1-57(2)52-24-10-8-18-44(52)45-33-31-40(35-53(45)57)58(54-25-11-9-16-41(54)37-14-4-3-5-15-37)39-29-26-36(27-30-39)38-28-32-43-48-21-13-22-49-50-23-12-20-47(56(50)51(43)34-38)42-17-6-7-19-46(42)55(48)49/h3-35H,1-2H3. The highest BCUT2D eigenvalue weighted by Gasteiger charge is 2.36. The number of hydrogen-bond acceptors (Lipinski definition) is 1. The average Bonchev–Trinajstić information content (AvgIpc) is 3.44. The van der Waals surface area contributed by atoms with E-state index < -0.39 is 0 Å². The minimum Gasteiger partial charge on any atom is -0.310 e. The monoisotopic (exact) mass is 737 g/mol. The lowest BCUT2D eigenvalue weighted by Gasteiger charge is -2.30. The number of hydrogen-bond donors (Lipinski definition) is 0. The predicted octanol–water partition coefficient (Wildman–Crippen LogP) is 15.8. The van der Waals surface area contributed by atoms with E-state index >= 15 is 0 Å². The van der Waals surface area contributed by atoms with E-state index in [4.69, 9.17) is 0 Å². The van der Waals surface area contributed by atoms with E-state index in [2.05, 4.69) is 219 Å². The van der Waals surface area contributed by atoms with Crippen LogP contribution in [-0.2, 0) is 5.41 Å². The van der Waals surface area contributed by atoms with Gasteiger partial charge in [-0.15, -0.1) is 0 Å². The molecule has 1 nitrogen and oxygen atoms in total. The molecule has 272 valence electrons. The Kier molecular flexibility index (Phi) is 7.04. The largest absolute Gasteiger partial charge is 0.310 e. The molecule has 9 aromatic carbocycles. The van der Waals surface area contributed by atoms with Crippen molar-refractivity contribution < 1.29 is 0 Å². The van der Waals surface area contributed by atoms with Crippen LogP contribution in [0.5, 0.6) is 0 Å². The Balaban J connectivity index is 1.01. The van der Waals surface area contributed by atoms with Crippen molar-refractivity contribution >= 4 is 17.1 Å². The zero-order valence-corrected chi connectivity index (χ0v) is 32.5. The van der Waals surface area contributed by atoms with Gasteiger partial charge in [0.25, 0.3) is 0 Å². The van der Waals surface area contributed by atoms with Crippen molar-refractivity contribution in [3.8, 4) is 89.0 Å². The van der Waals surface area contributed by atoms with E-state index in [1.807, 2.05) is 0 Å². The van der Waals surface area contributed by atoms with Gasteiger partial charge in [0.05, 0.1) is 5.69 Å². The molecule has 0 amide bonds. The molecule has 0 saturated heterocycles. The maximum absolute atomic E-state index is 2.45. The Morgan fingerprint density at radius 3 is 1.53 bits per heavy atom. The van der Waals surface area contributed by atoms with Crippen molar-refractivity contribution in [1.29, 1.82) is 0 Å². The van der Waals surface area contributed by atoms with Crippen LogP contribution in [0.15, 0.2) is 200 Å². The molecule has 0 unspecified atom stereocenters. The molecule has 0 spiro atoms. The molecule has 6 bridgehead atoms. The molecule has 1 heteroatoms. The molecular formula is C57H39N. The Morgan fingerprint density at radius 1 is 0.293 bits per heavy atom. The molecule has 0 atom stereocenters. The molecule has 0 fully saturated rings. The van der Waals surface area contributed by atoms with Gasteiger partial charge in [-0.05, 0) is 131 Å². The number of rotatable bonds is 5. The third-order valence-electron chi connectivity index (χ3n) is 13.0. The molecule has 9 aromatic rings. The van der Waals surface area contributed by atoms with Gasteiger partial charge >= 0.3 is 0 Å². The van der Waals surface area contributed by atoms with E-state index in [9.17, 15) is 0 Å². The highest BCUT2D eigenvalue weighted by molar-refractivity contribution is 6.15. The van der Waals surface area contributed by atoms with Crippen LogP contribution in [0.25, 0.3) is 89.0 Å². The summed E-state index contributed by atoms with van der Waals surface area (Å²) < 4.78 is 0. The lowest BCUT2D eigenvalue weighted by Crippen LogP contribution is -2.16. The number of fused-ring (bicyclic) bond motifs is 7.